The van der Waals surface area contributed by atoms with Crippen molar-refractivity contribution in [2.24, 2.45) is 0 Å². The van der Waals surface area contributed by atoms with Crippen molar-refractivity contribution in [2.75, 3.05) is 5.32 Å². The highest BCUT2D eigenvalue weighted by Gasteiger charge is 2.10. The van der Waals surface area contributed by atoms with E-state index in [0.29, 0.717) is 22.8 Å². The average molecular weight is 429 g/mol. The smallest absolute Gasteiger partial charge is 0.255 e. The van der Waals surface area contributed by atoms with Crippen molar-refractivity contribution in [3.63, 3.8) is 0 Å². The quantitative estimate of drug-likeness (QED) is 0.422. The molecule has 8 heteroatoms. The number of fused-ring (bicyclic) bond motifs is 1. The van der Waals surface area contributed by atoms with Crippen molar-refractivity contribution in [3.8, 4) is 11.3 Å². The van der Waals surface area contributed by atoms with Gasteiger partial charge >= 0.3 is 0 Å². The molecule has 0 saturated carbocycles. The fraction of sp³-hybridized carbons (Fsp3) is 0.0435. The Hall–Kier alpha value is -3.97. The zero-order valence-corrected chi connectivity index (χ0v) is 17.0. The van der Waals surface area contributed by atoms with Crippen LogP contribution in [0, 0.1) is 0 Å². The predicted molar refractivity (Wildman–Crippen MR) is 120 cm³/mol. The number of amides is 1. The first kappa shape index (κ1) is 19.0. The van der Waals surface area contributed by atoms with Gasteiger partial charge in [0.15, 0.2) is 0 Å². The molecule has 0 aliphatic carbocycles. The molecule has 0 spiro atoms. The second kappa shape index (κ2) is 8.04. The van der Waals surface area contributed by atoms with Crippen LogP contribution in [0.3, 0.4) is 0 Å². The molecule has 0 radical (unpaired) electrons. The van der Waals surface area contributed by atoms with E-state index < -0.39 is 0 Å². The van der Waals surface area contributed by atoms with Gasteiger partial charge in [0.05, 0.1) is 18.4 Å². The van der Waals surface area contributed by atoms with Crippen molar-refractivity contribution < 1.29 is 4.79 Å². The Kier molecular flexibility index (Phi) is 4.93. The summed E-state index contributed by atoms with van der Waals surface area (Å²) in [5, 5.41) is 8.86. The standard InChI is InChI=1S/C23H17ClN6O/c24-18-5-2-4-16(10-18)23(31)29-19-6-1-3-15(9-19)12-30-13-17(11-28-30)21-20-7-8-25-22(20)27-14-26-21/h1-11,13-14H,12H2,(H,29,31)(H,25,26,27). The van der Waals surface area contributed by atoms with Crippen LogP contribution in [-0.4, -0.2) is 30.6 Å². The van der Waals surface area contributed by atoms with Crippen molar-refractivity contribution in [1.29, 1.82) is 0 Å². The minimum Gasteiger partial charge on any atom is -0.346 e. The number of carbonyl (C=O) groups is 1. The van der Waals surface area contributed by atoms with Gasteiger partial charge in [-0.05, 0) is 42.0 Å². The molecule has 0 aliphatic heterocycles. The van der Waals surface area contributed by atoms with E-state index in [4.69, 9.17) is 11.6 Å². The molecule has 0 fully saturated rings. The third-order valence-corrected chi connectivity index (χ3v) is 5.11. The van der Waals surface area contributed by atoms with Gasteiger partial charge in [-0.3, -0.25) is 9.48 Å². The van der Waals surface area contributed by atoms with E-state index in [0.717, 1.165) is 27.9 Å². The Morgan fingerprint density at radius 2 is 2.00 bits per heavy atom. The molecule has 0 atom stereocenters. The van der Waals surface area contributed by atoms with Gasteiger partial charge < -0.3 is 10.3 Å². The molecule has 7 nitrogen and oxygen atoms in total. The molecule has 0 unspecified atom stereocenters. The minimum absolute atomic E-state index is 0.208. The highest BCUT2D eigenvalue weighted by atomic mass is 35.5. The van der Waals surface area contributed by atoms with E-state index >= 15 is 0 Å². The predicted octanol–water partition coefficient (Wildman–Crippen LogP) is 4.78. The molecule has 31 heavy (non-hydrogen) atoms. The van der Waals surface area contributed by atoms with Gasteiger partial charge in [-0.25, -0.2) is 9.97 Å². The van der Waals surface area contributed by atoms with E-state index in [1.807, 2.05) is 47.4 Å². The molecule has 152 valence electrons. The number of H-pyrrole nitrogens is 1. The molecule has 1 amide bonds. The fourth-order valence-corrected chi connectivity index (χ4v) is 3.63. The van der Waals surface area contributed by atoms with E-state index in [1.54, 1.807) is 30.5 Å². The molecular formula is C23H17ClN6O. The lowest BCUT2D eigenvalue weighted by atomic mass is 10.1. The van der Waals surface area contributed by atoms with Crippen LogP contribution in [0.2, 0.25) is 5.02 Å². The maximum atomic E-state index is 12.5. The van der Waals surface area contributed by atoms with Crippen LogP contribution in [0.15, 0.2) is 79.5 Å². The van der Waals surface area contributed by atoms with Gasteiger partial charge in [0.1, 0.15) is 12.0 Å². The Morgan fingerprint density at radius 1 is 1.10 bits per heavy atom. The summed E-state index contributed by atoms with van der Waals surface area (Å²) in [5.74, 6) is -0.208. The topological polar surface area (TPSA) is 88.5 Å². The Balaban J connectivity index is 1.33. The van der Waals surface area contributed by atoms with Gasteiger partial charge in [0.25, 0.3) is 5.91 Å². The average Bonchev–Trinajstić information content (AvgIpc) is 3.43. The lowest BCUT2D eigenvalue weighted by Gasteiger charge is -2.08. The van der Waals surface area contributed by atoms with E-state index in [2.05, 4.69) is 25.4 Å². The molecular weight excluding hydrogens is 412 g/mol. The van der Waals surface area contributed by atoms with Crippen LogP contribution in [0.25, 0.3) is 22.3 Å². The number of anilines is 1. The van der Waals surface area contributed by atoms with Gasteiger partial charge in [-0.1, -0.05) is 29.8 Å². The van der Waals surface area contributed by atoms with Crippen molar-refractivity contribution >= 4 is 34.2 Å². The second-order valence-corrected chi connectivity index (χ2v) is 7.49. The molecule has 2 aromatic carbocycles. The Labute approximate surface area is 182 Å². The number of hydrogen-bond donors (Lipinski definition) is 2. The number of nitrogens with one attached hydrogen (secondary N) is 2. The summed E-state index contributed by atoms with van der Waals surface area (Å²) in [6.07, 6.45) is 7.12. The van der Waals surface area contributed by atoms with Crippen LogP contribution in [0.4, 0.5) is 5.69 Å². The lowest BCUT2D eigenvalue weighted by molar-refractivity contribution is 0.102. The number of nitrogens with zero attached hydrogens (tertiary/aromatic N) is 4. The summed E-state index contributed by atoms with van der Waals surface area (Å²) in [6.45, 7) is 0.558. The molecule has 5 rings (SSSR count). The van der Waals surface area contributed by atoms with Gasteiger partial charge in [-0.15, -0.1) is 0 Å². The lowest BCUT2D eigenvalue weighted by Crippen LogP contribution is -2.12. The molecule has 0 bridgehead atoms. The number of rotatable bonds is 5. The number of carbonyl (C=O) groups excluding carboxylic acids is 1. The SMILES string of the molecule is O=C(Nc1cccc(Cn2cc(-c3ncnc4[nH]ccc34)cn2)c1)c1cccc(Cl)c1. The normalized spacial score (nSPS) is 11.0. The summed E-state index contributed by atoms with van der Waals surface area (Å²) < 4.78 is 1.84. The van der Waals surface area contributed by atoms with Crippen LogP contribution in [-0.2, 0) is 6.54 Å². The number of halogens is 1. The van der Waals surface area contributed by atoms with Crippen LogP contribution < -0.4 is 5.32 Å². The summed E-state index contributed by atoms with van der Waals surface area (Å²) in [7, 11) is 0. The van der Waals surface area contributed by atoms with Gasteiger partial charge in [-0.2, -0.15) is 5.10 Å². The first-order valence-electron chi connectivity index (χ1n) is 9.62. The monoisotopic (exact) mass is 428 g/mol. The molecule has 0 saturated heterocycles. The summed E-state index contributed by atoms with van der Waals surface area (Å²) in [6, 6.07) is 16.5. The van der Waals surface area contributed by atoms with Crippen LogP contribution in [0.1, 0.15) is 15.9 Å². The molecule has 3 aromatic heterocycles. The highest BCUT2D eigenvalue weighted by molar-refractivity contribution is 6.31. The Morgan fingerprint density at radius 3 is 2.90 bits per heavy atom. The zero-order valence-electron chi connectivity index (χ0n) is 16.3. The third-order valence-electron chi connectivity index (χ3n) is 4.88. The van der Waals surface area contributed by atoms with Gasteiger partial charge in [0, 0.05) is 39.6 Å². The molecule has 2 N–H and O–H groups in total. The van der Waals surface area contributed by atoms with Crippen molar-refractivity contribution in [3.05, 3.63) is 95.7 Å². The first-order valence-corrected chi connectivity index (χ1v) is 10.0. The number of hydrogen-bond acceptors (Lipinski definition) is 4. The minimum atomic E-state index is -0.208. The van der Waals surface area contributed by atoms with E-state index in [1.165, 1.54) is 6.33 Å². The molecule has 5 aromatic rings. The maximum absolute atomic E-state index is 12.5. The van der Waals surface area contributed by atoms with Crippen molar-refractivity contribution in [1.82, 2.24) is 24.7 Å². The largest absolute Gasteiger partial charge is 0.346 e. The third kappa shape index (κ3) is 4.04. The molecule has 3 heterocycles. The van der Waals surface area contributed by atoms with Crippen LogP contribution in [0.5, 0.6) is 0 Å². The van der Waals surface area contributed by atoms with E-state index in [-0.39, 0.29) is 5.91 Å². The highest BCUT2D eigenvalue weighted by Crippen LogP contribution is 2.24. The van der Waals surface area contributed by atoms with Crippen molar-refractivity contribution in [2.45, 2.75) is 6.54 Å². The molecule has 0 aliphatic rings. The second-order valence-electron chi connectivity index (χ2n) is 7.05. The number of aromatic amines is 1. The number of aromatic nitrogens is 5. The Bertz CT molecular complexity index is 1390. The van der Waals surface area contributed by atoms with Gasteiger partial charge in [0.2, 0.25) is 0 Å². The first-order chi connectivity index (χ1) is 15.2. The number of benzene rings is 2. The summed E-state index contributed by atoms with van der Waals surface area (Å²) in [4.78, 5) is 24.2. The summed E-state index contributed by atoms with van der Waals surface area (Å²) in [5.41, 5.74) is 4.77. The zero-order chi connectivity index (χ0) is 21.2. The summed E-state index contributed by atoms with van der Waals surface area (Å²) >= 11 is 5.98. The van der Waals surface area contributed by atoms with Crippen LogP contribution >= 0.6 is 11.6 Å². The van der Waals surface area contributed by atoms with E-state index in [9.17, 15) is 4.79 Å². The fourth-order valence-electron chi connectivity index (χ4n) is 3.44. The maximum Gasteiger partial charge on any atom is 0.255 e.